The number of phenolic OH excluding ortho intramolecular Hbond substituents is 1. The van der Waals surface area contributed by atoms with Gasteiger partial charge >= 0.3 is 0 Å². The minimum absolute atomic E-state index is 0.0295. The number of carbonyl (C=O) groups excluding carboxylic acids is 1. The molecule has 0 saturated heterocycles. The highest BCUT2D eigenvalue weighted by atomic mass is 32.2. The van der Waals surface area contributed by atoms with Crippen LogP contribution in [-0.2, 0) is 20.2 Å². The Bertz CT molecular complexity index is 1400. The molecule has 3 aromatic carbocycles. The van der Waals surface area contributed by atoms with E-state index in [2.05, 4.69) is 0 Å². The first-order valence-corrected chi connectivity index (χ1v) is 10.6. The number of phenols is 1. The molecule has 7 N–H and O–H groups in total. The molecule has 0 aromatic heterocycles. The average molecular weight is 438 g/mol. The van der Waals surface area contributed by atoms with Gasteiger partial charge in [-0.15, -0.1) is 0 Å². The van der Waals surface area contributed by atoms with E-state index < -0.39 is 52.8 Å². The van der Waals surface area contributed by atoms with Crippen molar-refractivity contribution in [3.63, 3.8) is 0 Å². The summed E-state index contributed by atoms with van der Waals surface area (Å²) < 4.78 is 65.1. The molecule has 29 heavy (non-hydrogen) atoms. The number of nitrogen functional groups attached to an aromatic ring is 2. The lowest BCUT2D eigenvalue weighted by Crippen LogP contribution is -2.10. The predicted octanol–water partition coefficient (Wildman–Crippen LogP) is 1.43. The van der Waals surface area contributed by atoms with Gasteiger partial charge in [-0.2, -0.15) is 16.8 Å². The summed E-state index contributed by atoms with van der Waals surface area (Å²) in [6.45, 7) is 0. The molecule has 0 amide bonds. The maximum Gasteiger partial charge on any atom is 0.296 e. The van der Waals surface area contributed by atoms with Crippen LogP contribution < -0.4 is 11.5 Å². The number of hydrogen-bond donors (Lipinski definition) is 5. The van der Waals surface area contributed by atoms with E-state index in [9.17, 15) is 35.8 Å². The summed E-state index contributed by atoms with van der Waals surface area (Å²) in [4.78, 5) is 11.4. The van der Waals surface area contributed by atoms with Crippen molar-refractivity contribution < 1.29 is 35.8 Å². The topological polar surface area (TPSA) is 198 Å². The van der Waals surface area contributed by atoms with E-state index in [-0.39, 0.29) is 22.0 Å². The molecule has 0 aliphatic rings. The zero-order valence-corrected chi connectivity index (χ0v) is 16.0. The fraction of sp³-hybridized carbons (Fsp3) is 0. The number of nitrogens with two attached hydrogens (primary N) is 2. The van der Waals surface area contributed by atoms with Crippen LogP contribution in [0.1, 0.15) is 15.9 Å². The van der Waals surface area contributed by atoms with Gasteiger partial charge in [-0.25, -0.2) is 0 Å². The van der Waals surface area contributed by atoms with E-state index in [1.807, 2.05) is 0 Å². The molecule has 0 saturated carbocycles. The first-order valence-electron chi connectivity index (χ1n) is 7.75. The Labute approximate surface area is 164 Å². The summed E-state index contributed by atoms with van der Waals surface area (Å²) in [5, 5.41) is 9.88. The van der Waals surface area contributed by atoms with Crippen molar-refractivity contribution in [2.75, 3.05) is 11.5 Å². The van der Waals surface area contributed by atoms with Crippen LogP contribution in [0, 0.1) is 0 Å². The highest BCUT2D eigenvalue weighted by Gasteiger charge is 2.26. The van der Waals surface area contributed by atoms with E-state index >= 15 is 0 Å². The lowest BCUT2D eigenvalue weighted by molar-refractivity contribution is 0.104. The molecule has 0 bridgehead atoms. The SMILES string of the molecule is Nc1ccccc1C(=O)c1cc(S(=O)(=O)O)cc2cc(S(=O)(=O)O)c(N)c(O)c12. The Morgan fingerprint density at radius 2 is 1.48 bits per heavy atom. The van der Waals surface area contributed by atoms with Crippen molar-refractivity contribution >= 4 is 48.2 Å². The van der Waals surface area contributed by atoms with Crippen LogP contribution in [-0.4, -0.2) is 36.8 Å². The lowest BCUT2D eigenvalue weighted by atomic mass is 9.95. The third-order valence-electron chi connectivity index (χ3n) is 4.21. The third-order valence-corrected chi connectivity index (χ3v) is 5.94. The van der Waals surface area contributed by atoms with Gasteiger partial charge in [0, 0.05) is 22.2 Å². The summed E-state index contributed by atoms with van der Waals surface area (Å²) in [5.74, 6) is -1.68. The van der Waals surface area contributed by atoms with E-state index in [0.29, 0.717) is 0 Å². The Kier molecular flexibility index (Phi) is 4.75. The van der Waals surface area contributed by atoms with Gasteiger partial charge in [0.15, 0.2) is 5.78 Å². The predicted molar refractivity (Wildman–Crippen MR) is 104 cm³/mol. The number of aromatic hydroxyl groups is 1. The van der Waals surface area contributed by atoms with Crippen LogP contribution in [0.4, 0.5) is 11.4 Å². The number of benzene rings is 3. The molecule has 0 radical (unpaired) electrons. The zero-order chi connectivity index (χ0) is 21.7. The molecule has 0 aliphatic heterocycles. The van der Waals surface area contributed by atoms with Gasteiger partial charge in [0.2, 0.25) is 0 Å². The van der Waals surface area contributed by atoms with Crippen molar-refractivity contribution in [2.45, 2.75) is 9.79 Å². The molecular formula is C17H14N2O8S2. The molecule has 3 rings (SSSR count). The Hall–Kier alpha value is -3.19. The monoisotopic (exact) mass is 438 g/mol. The first kappa shape index (κ1) is 20.5. The van der Waals surface area contributed by atoms with Gasteiger partial charge in [-0.1, -0.05) is 12.1 Å². The minimum Gasteiger partial charge on any atom is -0.505 e. The van der Waals surface area contributed by atoms with Crippen LogP contribution in [0.15, 0.2) is 52.3 Å². The number of anilines is 2. The largest absolute Gasteiger partial charge is 0.505 e. The van der Waals surface area contributed by atoms with Gasteiger partial charge in [0.25, 0.3) is 20.2 Å². The van der Waals surface area contributed by atoms with E-state index in [0.717, 1.165) is 18.2 Å². The van der Waals surface area contributed by atoms with Gasteiger partial charge < -0.3 is 16.6 Å². The van der Waals surface area contributed by atoms with Gasteiger partial charge in [0.1, 0.15) is 10.6 Å². The smallest absolute Gasteiger partial charge is 0.296 e. The van der Waals surface area contributed by atoms with Crippen molar-refractivity contribution in [2.24, 2.45) is 0 Å². The van der Waals surface area contributed by atoms with Crippen LogP contribution in [0.2, 0.25) is 0 Å². The lowest BCUT2D eigenvalue weighted by Gasteiger charge is -2.14. The van der Waals surface area contributed by atoms with Crippen molar-refractivity contribution in [1.29, 1.82) is 0 Å². The summed E-state index contributed by atoms with van der Waals surface area (Å²) in [6.07, 6.45) is 0. The number of para-hydroxylation sites is 1. The third kappa shape index (κ3) is 3.61. The minimum atomic E-state index is -4.89. The molecule has 0 aliphatic carbocycles. The molecular weight excluding hydrogens is 424 g/mol. The molecule has 0 spiro atoms. The number of fused-ring (bicyclic) bond motifs is 1. The second-order valence-corrected chi connectivity index (χ2v) is 8.88. The molecule has 12 heteroatoms. The normalized spacial score (nSPS) is 12.2. The summed E-state index contributed by atoms with van der Waals surface area (Å²) in [6, 6.07) is 8.25. The molecule has 0 fully saturated rings. The zero-order valence-electron chi connectivity index (χ0n) is 14.4. The Morgan fingerprint density at radius 3 is 2.03 bits per heavy atom. The maximum absolute atomic E-state index is 13.0. The second kappa shape index (κ2) is 6.70. The van der Waals surface area contributed by atoms with E-state index in [1.165, 1.54) is 18.2 Å². The fourth-order valence-corrected chi connectivity index (χ4v) is 4.07. The first-order chi connectivity index (χ1) is 13.3. The fourth-order valence-electron chi connectivity index (χ4n) is 2.88. The highest BCUT2D eigenvalue weighted by Crippen LogP contribution is 2.40. The van der Waals surface area contributed by atoms with Gasteiger partial charge in [-0.3, -0.25) is 13.9 Å². The number of rotatable bonds is 4. The number of carbonyl (C=O) groups is 1. The van der Waals surface area contributed by atoms with Crippen molar-refractivity contribution in [3.8, 4) is 5.75 Å². The van der Waals surface area contributed by atoms with Crippen LogP contribution in [0.25, 0.3) is 10.8 Å². The molecule has 0 heterocycles. The van der Waals surface area contributed by atoms with Gasteiger partial charge in [-0.05, 0) is 35.7 Å². The van der Waals surface area contributed by atoms with Crippen LogP contribution in [0.3, 0.4) is 0 Å². The Balaban J connectivity index is 2.50. The van der Waals surface area contributed by atoms with Gasteiger partial charge in [0.05, 0.1) is 10.6 Å². The number of ketones is 1. The summed E-state index contributed by atoms with van der Waals surface area (Å²) >= 11 is 0. The standard InChI is InChI=1S/C17H14N2O8S2/c18-12-4-2-1-3-10(12)16(20)11-7-9(28(22,23)24)5-8-6-13(29(25,26)27)15(19)17(21)14(8)11/h1-7,21H,18-19H2,(H,22,23,24)(H,25,26,27). The second-order valence-electron chi connectivity index (χ2n) is 6.07. The van der Waals surface area contributed by atoms with E-state index in [1.54, 1.807) is 6.07 Å². The average Bonchev–Trinajstić information content (AvgIpc) is 2.61. The van der Waals surface area contributed by atoms with Crippen molar-refractivity contribution in [3.05, 3.63) is 53.6 Å². The summed E-state index contributed by atoms with van der Waals surface area (Å²) in [7, 11) is -9.71. The molecule has 10 nitrogen and oxygen atoms in total. The highest BCUT2D eigenvalue weighted by molar-refractivity contribution is 7.86. The summed E-state index contributed by atoms with van der Waals surface area (Å²) in [5.41, 5.74) is 10.3. The van der Waals surface area contributed by atoms with Crippen molar-refractivity contribution in [1.82, 2.24) is 0 Å². The Morgan fingerprint density at radius 1 is 0.862 bits per heavy atom. The quantitative estimate of drug-likeness (QED) is 0.172. The molecule has 0 atom stereocenters. The van der Waals surface area contributed by atoms with E-state index in [4.69, 9.17) is 11.5 Å². The molecule has 0 unspecified atom stereocenters. The molecule has 152 valence electrons. The number of hydrogen-bond acceptors (Lipinski definition) is 8. The van der Waals surface area contributed by atoms with Crippen LogP contribution in [0.5, 0.6) is 5.75 Å². The van der Waals surface area contributed by atoms with Crippen LogP contribution >= 0.6 is 0 Å². The molecule has 3 aromatic rings. The maximum atomic E-state index is 13.0.